The predicted octanol–water partition coefficient (Wildman–Crippen LogP) is 3.59. The number of nitrogens with zero attached hydrogens (tertiary/aromatic N) is 1. The van der Waals surface area contributed by atoms with Crippen LogP contribution in [0.2, 0.25) is 0 Å². The van der Waals surface area contributed by atoms with Crippen LogP contribution < -0.4 is 4.74 Å². The quantitative estimate of drug-likeness (QED) is 0.829. The summed E-state index contributed by atoms with van der Waals surface area (Å²) in [5.74, 6) is -0.183. The van der Waals surface area contributed by atoms with Crippen LogP contribution in [-0.2, 0) is 11.3 Å². The third-order valence-corrected chi connectivity index (χ3v) is 2.61. The first-order chi connectivity index (χ1) is 9.19. The second kappa shape index (κ2) is 6.63. The molecule has 0 saturated carbocycles. The van der Waals surface area contributed by atoms with E-state index in [0.29, 0.717) is 12.0 Å². The van der Waals surface area contributed by atoms with E-state index in [2.05, 4.69) is 4.74 Å². The van der Waals surface area contributed by atoms with Crippen molar-refractivity contribution >= 4 is 5.91 Å². The minimum atomic E-state index is -4.74. The van der Waals surface area contributed by atoms with Crippen molar-refractivity contribution in [1.82, 2.24) is 4.90 Å². The second-order valence-electron chi connectivity index (χ2n) is 5.00. The van der Waals surface area contributed by atoms with E-state index >= 15 is 0 Å². The van der Waals surface area contributed by atoms with Crippen LogP contribution in [0.25, 0.3) is 0 Å². The van der Waals surface area contributed by atoms with Gasteiger partial charge in [0.25, 0.3) is 0 Å². The molecule has 0 fully saturated rings. The lowest BCUT2D eigenvalue weighted by Crippen LogP contribution is -2.28. The van der Waals surface area contributed by atoms with E-state index in [4.69, 9.17) is 0 Å². The van der Waals surface area contributed by atoms with Crippen molar-refractivity contribution in [1.29, 1.82) is 0 Å². The molecule has 0 atom stereocenters. The van der Waals surface area contributed by atoms with Crippen molar-refractivity contribution in [2.45, 2.75) is 33.2 Å². The largest absolute Gasteiger partial charge is 0.573 e. The Labute approximate surface area is 116 Å². The fourth-order valence-electron chi connectivity index (χ4n) is 1.71. The zero-order chi connectivity index (χ0) is 15.3. The maximum absolute atomic E-state index is 12.3. The summed E-state index contributed by atoms with van der Waals surface area (Å²) in [6.45, 7) is 3.90. The van der Waals surface area contributed by atoms with E-state index < -0.39 is 6.36 Å². The van der Waals surface area contributed by atoms with Gasteiger partial charge in [0.2, 0.25) is 5.91 Å². The van der Waals surface area contributed by atoms with E-state index in [1.54, 1.807) is 13.1 Å². The number of amides is 1. The molecule has 0 aromatic heterocycles. The van der Waals surface area contributed by atoms with Crippen molar-refractivity contribution in [3.05, 3.63) is 29.8 Å². The molecule has 0 aliphatic heterocycles. The van der Waals surface area contributed by atoms with Gasteiger partial charge in [-0.3, -0.25) is 4.79 Å². The molecule has 112 valence electrons. The number of hydrogen-bond donors (Lipinski definition) is 0. The molecule has 1 amide bonds. The molecule has 0 aliphatic rings. The number of para-hydroxylation sites is 1. The Hall–Kier alpha value is -1.72. The van der Waals surface area contributed by atoms with Crippen molar-refractivity contribution in [2.24, 2.45) is 5.92 Å². The van der Waals surface area contributed by atoms with Gasteiger partial charge in [0.15, 0.2) is 0 Å². The Morgan fingerprint density at radius 3 is 2.45 bits per heavy atom. The monoisotopic (exact) mass is 289 g/mol. The average molecular weight is 289 g/mol. The maximum atomic E-state index is 12.3. The summed E-state index contributed by atoms with van der Waals surface area (Å²) in [7, 11) is 1.56. The molecular formula is C14H18F3NO2. The van der Waals surface area contributed by atoms with Gasteiger partial charge in [-0.05, 0) is 12.0 Å². The molecule has 1 aromatic rings. The van der Waals surface area contributed by atoms with Gasteiger partial charge in [-0.15, -0.1) is 13.2 Å². The predicted molar refractivity (Wildman–Crippen MR) is 69.1 cm³/mol. The van der Waals surface area contributed by atoms with Crippen molar-refractivity contribution < 1.29 is 22.7 Å². The summed E-state index contributed by atoms with van der Waals surface area (Å²) in [6, 6.07) is 5.82. The van der Waals surface area contributed by atoms with Gasteiger partial charge >= 0.3 is 6.36 Å². The van der Waals surface area contributed by atoms with Crippen LogP contribution in [0.15, 0.2) is 24.3 Å². The van der Waals surface area contributed by atoms with Crippen LogP contribution in [0.5, 0.6) is 5.75 Å². The van der Waals surface area contributed by atoms with Gasteiger partial charge in [0, 0.05) is 25.6 Å². The summed E-state index contributed by atoms with van der Waals surface area (Å²) in [6.07, 6.45) is -4.38. The topological polar surface area (TPSA) is 29.5 Å². The van der Waals surface area contributed by atoms with Crippen molar-refractivity contribution in [3.8, 4) is 5.75 Å². The minimum Gasteiger partial charge on any atom is -0.405 e. The maximum Gasteiger partial charge on any atom is 0.573 e. The third kappa shape index (κ3) is 5.50. The van der Waals surface area contributed by atoms with Crippen LogP contribution in [0.3, 0.4) is 0 Å². The first-order valence-corrected chi connectivity index (χ1v) is 6.26. The number of ether oxygens (including phenoxy) is 1. The number of carbonyl (C=O) groups excluding carboxylic acids is 1. The van der Waals surface area contributed by atoms with E-state index in [9.17, 15) is 18.0 Å². The average Bonchev–Trinajstić information content (AvgIpc) is 2.28. The number of rotatable bonds is 5. The summed E-state index contributed by atoms with van der Waals surface area (Å²) in [5, 5.41) is 0. The Balaban J connectivity index is 2.79. The molecule has 0 spiro atoms. The van der Waals surface area contributed by atoms with E-state index in [1.165, 1.54) is 23.1 Å². The summed E-state index contributed by atoms with van der Waals surface area (Å²) in [5.41, 5.74) is 0.324. The molecule has 20 heavy (non-hydrogen) atoms. The van der Waals surface area contributed by atoms with Gasteiger partial charge in [-0.25, -0.2) is 0 Å². The van der Waals surface area contributed by atoms with Crippen LogP contribution in [0.1, 0.15) is 25.8 Å². The smallest absolute Gasteiger partial charge is 0.405 e. The molecule has 0 aliphatic carbocycles. The highest BCUT2D eigenvalue weighted by Gasteiger charge is 2.32. The first kappa shape index (κ1) is 16.3. The van der Waals surface area contributed by atoms with Gasteiger partial charge in [0.1, 0.15) is 5.75 Å². The normalized spacial score (nSPS) is 11.6. The van der Waals surface area contributed by atoms with Crippen LogP contribution in [0, 0.1) is 5.92 Å². The molecule has 1 rings (SSSR count). The highest BCUT2D eigenvalue weighted by molar-refractivity contribution is 5.76. The lowest BCUT2D eigenvalue weighted by Gasteiger charge is -2.20. The molecule has 0 unspecified atom stereocenters. The zero-order valence-corrected chi connectivity index (χ0v) is 11.7. The van der Waals surface area contributed by atoms with Crippen molar-refractivity contribution in [3.63, 3.8) is 0 Å². The Bertz CT molecular complexity index is 458. The second-order valence-corrected chi connectivity index (χ2v) is 5.00. The van der Waals surface area contributed by atoms with Gasteiger partial charge < -0.3 is 9.64 Å². The highest BCUT2D eigenvalue weighted by Crippen LogP contribution is 2.27. The Morgan fingerprint density at radius 1 is 1.30 bits per heavy atom. The van der Waals surface area contributed by atoms with Gasteiger partial charge in [-0.2, -0.15) is 0 Å². The van der Waals surface area contributed by atoms with Crippen molar-refractivity contribution in [2.75, 3.05) is 7.05 Å². The summed E-state index contributed by atoms with van der Waals surface area (Å²) < 4.78 is 40.8. The standard InChI is InChI=1S/C14H18F3NO2/c1-10(2)8-13(19)18(3)9-11-6-4-5-7-12(11)20-14(15,16)17/h4-7,10H,8-9H2,1-3H3. The summed E-state index contributed by atoms with van der Waals surface area (Å²) >= 11 is 0. The molecule has 0 radical (unpaired) electrons. The van der Waals surface area contributed by atoms with Crippen LogP contribution in [-0.4, -0.2) is 24.2 Å². The Kier molecular flexibility index (Phi) is 5.42. The lowest BCUT2D eigenvalue weighted by molar-refractivity contribution is -0.274. The number of halogens is 3. The molecule has 1 aromatic carbocycles. The molecule has 0 N–H and O–H groups in total. The van der Waals surface area contributed by atoms with Crippen LogP contribution >= 0.6 is 0 Å². The third-order valence-electron chi connectivity index (χ3n) is 2.61. The first-order valence-electron chi connectivity index (χ1n) is 6.26. The number of alkyl halides is 3. The molecule has 3 nitrogen and oxygen atoms in total. The molecule has 0 saturated heterocycles. The summed E-state index contributed by atoms with van der Waals surface area (Å²) in [4.78, 5) is 13.2. The van der Waals surface area contributed by atoms with Crippen LogP contribution in [0.4, 0.5) is 13.2 Å². The minimum absolute atomic E-state index is 0.0812. The zero-order valence-electron chi connectivity index (χ0n) is 11.7. The molecule has 0 heterocycles. The Morgan fingerprint density at radius 2 is 1.90 bits per heavy atom. The molecule has 6 heteroatoms. The number of carbonyl (C=O) groups is 1. The fourth-order valence-corrected chi connectivity index (χ4v) is 1.71. The lowest BCUT2D eigenvalue weighted by atomic mass is 10.1. The van der Waals surface area contributed by atoms with E-state index in [-0.39, 0.29) is 24.1 Å². The molecule has 0 bridgehead atoms. The number of benzene rings is 1. The number of hydrogen-bond acceptors (Lipinski definition) is 2. The van der Waals surface area contributed by atoms with Gasteiger partial charge in [0.05, 0.1) is 0 Å². The highest BCUT2D eigenvalue weighted by atomic mass is 19.4. The molecular weight excluding hydrogens is 271 g/mol. The van der Waals surface area contributed by atoms with E-state index in [1.807, 2.05) is 13.8 Å². The fraction of sp³-hybridized carbons (Fsp3) is 0.500. The SMILES string of the molecule is CC(C)CC(=O)N(C)Cc1ccccc1OC(F)(F)F. The van der Waals surface area contributed by atoms with Gasteiger partial charge in [-0.1, -0.05) is 32.0 Å². The van der Waals surface area contributed by atoms with E-state index in [0.717, 1.165) is 0 Å².